The van der Waals surface area contributed by atoms with Crippen LogP contribution in [0, 0.1) is 10.1 Å². The maximum absolute atomic E-state index is 12.2. The number of non-ortho nitro benzene ring substituents is 1. The third kappa shape index (κ3) is 4.39. The number of halogens is 2. The van der Waals surface area contributed by atoms with Crippen molar-refractivity contribution < 1.29 is 9.72 Å². The van der Waals surface area contributed by atoms with Crippen LogP contribution in [-0.2, 0) is 11.2 Å². The summed E-state index contributed by atoms with van der Waals surface area (Å²) in [5, 5.41) is 13.9. The normalized spacial score (nSPS) is 17.1. The molecule has 0 radical (unpaired) electrons. The molecule has 21 heavy (non-hydrogen) atoms. The van der Waals surface area contributed by atoms with Crippen molar-refractivity contribution in [1.29, 1.82) is 0 Å². The van der Waals surface area contributed by atoms with Gasteiger partial charge in [0, 0.05) is 36.2 Å². The maximum atomic E-state index is 12.2. The predicted molar refractivity (Wildman–Crippen MR) is 85.8 cm³/mol. The lowest BCUT2D eigenvalue weighted by atomic mass is 10.1. The van der Waals surface area contributed by atoms with Crippen LogP contribution in [0.3, 0.4) is 0 Å². The monoisotopic (exact) mass is 377 g/mol. The molecule has 1 aromatic carbocycles. The highest BCUT2D eigenvalue weighted by atomic mass is 79.9. The van der Waals surface area contributed by atoms with Gasteiger partial charge in [0.15, 0.2) is 0 Å². The molecular formula is C13H17BrClN3O3. The van der Waals surface area contributed by atoms with Crippen molar-refractivity contribution in [2.45, 2.75) is 18.9 Å². The molecule has 1 amide bonds. The standard InChI is InChI=1S/C13H16BrN3O3.ClH/c1-16(11-4-5-15-8-11)13(18)6-9-2-3-10(17(19)20)7-12(9)14;/h2-3,7,11,15H,4-6,8H2,1H3;1H. The summed E-state index contributed by atoms with van der Waals surface area (Å²) in [6.07, 6.45) is 1.20. The second-order valence-corrected chi connectivity index (χ2v) is 5.72. The van der Waals surface area contributed by atoms with Crippen LogP contribution in [0.5, 0.6) is 0 Å². The Balaban J connectivity index is 0.00000220. The van der Waals surface area contributed by atoms with Crippen LogP contribution in [-0.4, -0.2) is 41.9 Å². The number of hydrogen-bond donors (Lipinski definition) is 1. The van der Waals surface area contributed by atoms with Gasteiger partial charge in [0.2, 0.25) is 5.91 Å². The lowest BCUT2D eigenvalue weighted by molar-refractivity contribution is -0.384. The minimum absolute atomic E-state index is 0. The largest absolute Gasteiger partial charge is 0.341 e. The molecule has 0 aliphatic carbocycles. The Bertz CT molecular complexity index is 535. The molecule has 0 aromatic heterocycles. The van der Waals surface area contributed by atoms with E-state index in [0.29, 0.717) is 4.47 Å². The first kappa shape index (κ1) is 17.9. The van der Waals surface area contributed by atoms with Gasteiger partial charge < -0.3 is 10.2 Å². The van der Waals surface area contributed by atoms with Gasteiger partial charge in [0.05, 0.1) is 11.3 Å². The number of likely N-dealkylation sites (N-methyl/N-ethyl adjacent to an activating group) is 1. The van der Waals surface area contributed by atoms with Crippen molar-refractivity contribution in [3.63, 3.8) is 0 Å². The van der Waals surface area contributed by atoms with Gasteiger partial charge >= 0.3 is 0 Å². The van der Waals surface area contributed by atoms with E-state index in [1.54, 1.807) is 18.0 Å². The van der Waals surface area contributed by atoms with Gasteiger partial charge in [0.25, 0.3) is 5.69 Å². The number of carbonyl (C=O) groups is 1. The van der Waals surface area contributed by atoms with E-state index in [2.05, 4.69) is 21.2 Å². The van der Waals surface area contributed by atoms with E-state index in [0.717, 1.165) is 25.1 Å². The molecule has 2 rings (SSSR count). The van der Waals surface area contributed by atoms with E-state index in [4.69, 9.17) is 0 Å². The Labute approximate surface area is 137 Å². The first-order chi connectivity index (χ1) is 9.49. The molecule has 1 N–H and O–H groups in total. The molecule has 1 aliphatic heterocycles. The number of nitrogens with zero attached hydrogens (tertiary/aromatic N) is 2. The second-order valence-electron chi connectivity index (χ2n) is 4.86. The van der Waals surface area contributed by atoms with Crippen molar-refractivity contribution in [3.8, 4) is 0 Å². The molecule has 1 saturated heterocycles. The summed E-state index contributed by atoms with van der Waals surface area (Å²) in [4.78, 5) is 24.2. The van der Waals surface area contributed by atoms with E-state index in [1.165, 1.54) is 12.1 Å². The summed E-state index contributed by atoms with van der Waals surface area (Å²) >= 11 is 3.29. The van der Waals surface area contributed by atoms with Crippen molar-refractivity contribution in [2.75, 3.05) is 20.1 Å². The van der Waals surface area contributed by atoms with Crippen molar-refractivity contribution in [3.05, 3.63) is 38.3 Å². The smallest absolute Gasteiger partial charge is 0.270 e. The second kappa shape index (κ2) is 7.72. The lowest BCUT2D eigenvalue weighted by Gasteiger charge is -2.24. The SMILES string of the molecule is CN(C(=O)Cc1ccc([N+](=O)[O-])cc1Br)C1CCNC1.Cl. The van der Waals surface area contributed by atoms with E-state index < -0.39 is 4.92 Å². The van der Waals surface area contributed by atoms with E-state index in [-0.39, 0.29) is 36.5 Å². The molecule has 1 fully saturated rings. The average molecular weight is 379 g/mol. The number of nitro benzene ring substituents is 1. The number of benzene rings is 1. The third-order valence-electron chi connectivity index (χ3n) is 3.56. The summed E-state index contributed by atoms with van der Waals surface area (Å²) in [5.74, 6) is 0.0215. The fraction of sp³-hybridized carbons (Fsp3) is 0.462. The Kier molecular flexibility index (Phi) is 6.57. The van der Waals surface area contributed by atoms with Crippen LogP contribution in [0.4, 0.5) is 5.69 Å². The number of nitrogens with one attached hydrogen (secondary N) is 1. The first-order valence-electron chi connectivity index (χ1n) is 6.38. The van der Waals surface area contributed by atoms with Crippen LogP contribution < -0.4 is 5.32 Å². The van der Waals surface area contributed by atoms with E-state index in [9.17, 15) is 14.9 Å². The van der Waals surface area contributed by atoms with Crippen LogP contribution in [0.2, 0.25) is 0 Å². The molecule has 1 atom stereocenters. The molecule has 1 aromatic rings. The lowest BCUT2D eigenvalue weighted by Crippen LogP contribution is -2.39. The van der Waals surface area contributed by atoms with Crippen LogP contribution in [0.15, 0.2) is 22.7 Å². The maximum Gasteiger partial charge on any atom is 0.270 e. The predicted octanol–water partition coefficient (Wildman–Crippen LogP) is 2.14. The molecule has 0 spiro atoms. The van der Waals surface area contributed by atoms with E-state index in [1.807, 2.05) is 0 Å². The highest BCUT2D eigenvalue weighted by Gasteiger charge is 2.23. The minimum Gasteiger partial charge on any atom is -0.341 e. The number of carbonyl (C=O) groups excluding carboxylic acids is 1. The number of hydrogen-bond acceptors (Lipinski definition) is 4. The topological polar surface area (TPSA) is 75.5 Å². The fourth-order valence-corrected chi connectivity index (χ4v) is 2.76. The molecule has 116 valence electrons. The molecular weight excluding hydrogens is 362 g/mol. The molecule has 0 bridgehead atoms. The fourth-order valence-electron chi connectivity index (χ4n) is 2.25. The number of nitro groups is 1. The zero-order valence-corrected chi connectivity index (χ0v) is 13.9. The van der Waals surface area contributed by atoms with Gasteiger partial charge in [-0.2, -0.15) is 0 Å². The van der Waals surface area contributed by atoms with Crippen LogP contribution in [0.25, 0.3) is 0 Å². The summed E-state index contributed by atoms with van der Waals surface area (Å²) < 4.78 is 0.595. The summed E-state index contributed by atoms with van der Waals surface area (Å²) in [7, 11) is 1.80. The zero-order valence-electron chi connectivity index (χ0n) is 11.5. The van der Waals surface area contributed by atoms with Gasteiger partial charge in [-0.15, -0.1) is 12.4 Å². The van der Waals surface area contributed by atoms with Crippen LogP contribution in [0.1, 0.15) is 12.0 Å². The Morgan fingerprint density at radius 2 is 2.29 bits per heavy atom. The van der Waals surface area contributed by atoms with Gasteiger partial charge in [-0.3, -0.25) is 14.9 Å². The quantitative estimate of drug-likeness (QED) is 0.643. The van der Waals surface area contributed by atoms with Crippen molar-refractivity contribution in [2.24, 2.45) is 0 Å². The summed E-state index contributed by atoms with van der Waals surface area (Å²) in [6, 6.07) is 4.71. The van der Waals surface area contributed by atoms with Crippen molar-refractivity contribution in [1.82, 2.24) is 10.2 Å². The molecule has 1 unspecified atom stereocenters. The number of amides is 1. The van der Waals surface area contributed by atoms with Gasteiger partial charge in [-0.05, 0) is 18.5 Å². The highest BCUT2D eigenvalue weighted by molar-refractivity contribution is 9.10. The van der Waals surface area contributed by atoms with Gasteiger partial charge in [0.1, 0.15) is 0 Å². The molecule has 1 heterocycles. The molecule has 8 heteroatoms. The molecule has 0 saturated carbocycles. The molecule has 1 aliphatic rings. The van der Waals surface area contributed by atoms with E-state index >= 15 is 0 Å². The Hall–Kier alpha value is -1.18. The van der Waals surface area contributed by atoms with Crippen LogP contribution >= 0.6 is 28.3 Å². The Morgan fingerprint density at radius 3 is 2.81 bits per heavy atom. The highest BCUT2D eigenvalue weighted by Crippen LogP contribution is 2.24. The third-order valence-corrected chi connectivity index (χ3v) is 4.30. The average Bonchev–Trinajstić information content (AvgIpc) is 2.93. The van der Waals surface area contributed by atoms with Gasteiger partial charge in [-0.25, -0.2) is 0 Å². The Morgan fingerprint density at radius 1 is 1.57 bits per heavy atom. The summed E-state index contributed by atoms with van der Waals surface area (Å²) in [6.45, 7) is 1.76. The zero-order chi connectivity index (χ0) is 14.7. The minimum atomic E-state index is -0.452. The molecule has 6 nitrogen and oxygen atoms in total. The first-order valence-corrected chi connectivity index (χ1v) is 7.17. The summed E-state index contributed by atoms with van der Waals surface area (Å²) in [5.41, 5.74) is 0.778. The number of rotatable bonds is 4. The van der Waals surface area contributed by atoms with Gasteiger partial charge in [-0.1, -0.05) is 22.0 Å². The van der Waals surface area contributed by atoms with Crippen molar-refractivity contribution >= 4 is 39.9 Å².